The summed E-state index contributed by atoms with van der Waals surface area (Å²) >= 11 is 21.9. The summed E-state index contributed by atoms with van der Waals surface area (Å²) in [5.74, 6) is 0.757. The minimum absolute atomic E-state index is 0.237. The van der Waals surface area contributed by atoms with E-state index in [0.717, 1.165) is 27.0 Å². The smallest absolute Gasteiger partial charge is 0.132 e. The van der Waals surface area contributed by atoms with Crippen molar-refractivity contribution < 1.29 is 0 Å². The van der Waals surface area contributed by atoms with E-state index in [1.54, 1.807) is 6.07 Å². The molecule has 1 atom stereocenters. The fourth-order valence-electron chi connectivity index (χ4n) is 2.22. The maximum Gasteiger partial charge on any atom is 0.132 e. The van der Waals surface area contributed by atoms with E-state index in [1.807, 2.05) is 41.8 Å². The van der Waals surface area contributed by atoms with Crippen molar-refractivity contribution in [2.24, 2.45) is 0 Å². The Morgan fingerprint density at radius 1 is 1.10 bits per heavy atom. The number of imidazole rings is 1. The first-order valence-electron chi connectivity index (χ1n) is 6.25. The number of fused-ring (bicyclic) bond motifs is 1. The van der Waals surface area contributed by atoms with Gasteiger partial charge in [-0.15, -0.1) is 11.6 Å². The Kier molecular flexibility index (Phi) is 4.19. The molecule has 1 heterocycles. The first-order valence-corrected chi connectivity index (χ1v) is 8.23. The van der Waals surface area contributed by atoms with Crippen LogP contribution in [0.2, 0.25) is 10.0 Å². The highest BCUT2D eigenvalue weighted by molar-refractivity contribution is 9.10. The Morgan fingerprint density at radius 2 is 1.71 bits per heavy atom. The molecule has 108 valence electrons. The molecule has 0 fully saturated rings. The van der Waals surface area contributed by atoms with Crippen LogP contribution in [0, 0.1) is 0 Å². The lowest BCUT2D eigenvalue weighted by atomic mass is 10.2. The molecule has 2 aromatic carbocycles. The molecule has 0 bridgehead atoms. The summed E-state index contributed by atoms with van der Waals surface area (Å²) in [5.41, 5.74) is 2.63. The summed E-state index contributed by atoms with van der Waals surface area (Å²) in [6.45, 7) is 1.89. The van der Waals surface area contributed by atoms with Gasteiger partial charge in [0.05, 0.1) is 26.5 Å². The first kappa shape index (κ1) is 15.2. The summed E-state index contributed by atoms with van der Waals surface area (Å²) in [6, 6.07) is 11.5. The zero-order valence-corrected chi connectivity index (χ0v) is 14.8. The number of halogens is 4. The van der Waals surface area contributed by atoms with Crippen molar-refractivity contribution in [2.45, 2.75) is 12.3 Å². The lowest BCUT2D eigenvalue weighted by Gasteiger charge is -2.11. The lowest BCUT2D eigenvalue weighted by Crippen LogP contribution is -2.01. The number of aromatic nitrogens is 2. The normalized spacial score (nSPS) is 12.8. The van der Waals surface area contributed by atoms with E-state index in [1.165, 1.54) is 0 Å². The largest absolute Gasteiger partial charge is 0.295 e. The van der Waals surface area contributed by atoms with E-state index >= 15 is 0 Å². The highest BCUT2D eigenvalue weighted by Gasteiger charge is 2.17. The molecular formula is C15H10BrCl3N2. The molecule has 21 heavy (non-hydrogen) atoms. The Morgan fingerprint density at radius 3 is 2.33 bits per heavy atom. The van der Waals surface area contributed by atoms with Gasteiger partial charge >= 0.3 is 0 Å². The highest BCUT2D eigenvalue weighted by Crippen LogP contribution is 2.33. The maximum absolute atomic E-state index is 6.28. The molecular weight excluding hydrogens is 394 g/mol. The average Bonchev–Trinajstić information content (AvgIpc) is 2.79. The Bertz CT molecular complexity index is 810. The van der Waals surface area contributed by atoms with Crippen LogP contribution in [0.1, 0.15) is 18.1 Å². The predicted molar refractivity (Wildman–Crippen MR) is 93.1 cm³/mol. The second-order valence-corrected chi connectivity index (χ2v) is 7.04. The van der Waals surface area contributed by atoms with Gasteiger partial charge in [0.1, 0.15) is 5.82 Å². The van der Waals surface area contributed by atoms with Gasteiger partial charge in [-0.2, -0.15) is 0 Å². The average molecular weight is 405 g/mol. The van der Waals surface area contributed by atoms with Crippen molar-refractivity contribution in [3.8, 4) is 5.69 Å². The van der Waals surface area contributed by atoms with Gasteiger partial charge < -0.3 is 0 Å². The zero-order valence-electron chi connectivity index (χ0n) is 10.9. The standard InChI is InChI=1S/C15H10BrCl3N2/c1-8(17)15-20-13-6-11(18)12(19)7-14(13)21(15)10-4-2-9(16)3-5-10/h2-8H,1H3. The molecule has 0 aliphatic heterocycles. The minimum atomic E-state index is -0.237. The van der Waals surface area contributed by atoms with Crippen LogP contribution >= 0.6 is 50.7 Å². The number of alkyl halides is 1. The predicted octanol–water partition coefficient (Wildman–Crippen LogP) is 6.39. The molecule has 1 aromatic heterocycles. The van der Waals surface area contributed by atoms with E-state index in [4.69, 9.17) is 34.8 Å². The van der Waals surface area contributed by atoms with E-state index in [2.05, 4.69) is 20.9 Å². The van der Waals surface area contributed by atoms with Crippen molar-refractivity contribution in [1.82, 2.24) is 9.55 Å². The molecule has 0 radical (unpaired) electrons. The van der Waals surface area contributed by atoms with Crippen LogP contribution < -0.4 is 0 Å². The molecule has 3 aromatic rings. The number of nitrogens with zero attached hydrogens (tertiary/aromatic N) is 2. The van der Waals surface area contributed by atoms with Crippen LogP contribution in [-0.4, -0.2) is 9.55 Å². The highest BCUT2D eigenvalue weighted by atomic mass is 79.9. The number of hydrogen-bond donors (Lipinski definition) is 0. The Labute approximate surface area is 145 Å². The zero-order chi connectivity index (χ0) is 15.1. The van der Waals surface area contributed by atoms with Crippen molar-refractivity contribution in [3.05, 3.63) is 56.7 Å². The van der Waals surface area contributed by atoms with E-state index in [0.29, 0.717) is 10.0 Å². The lowest BCUT2D eigenvalue weighted by molar-refractivity contribution is 0.882. The van der Waals surface area contributed by atoms with Crippen LogP contribution in [-0.2, 0) is 0 Å². The molecule has 0 saturated heterocycles. The maximum atomic E-state index is 6.28. The van der Waals surface area contributed by atoms with Crippen LogP contribution in [0.15, 0.2) is 40.9 Å². The van der Waals surface area contributed by atoms with E-state index in [9.17, 15) is 0 Å². The third-order valence-corrected chi connectivity index (χ3v) is 4.61. The summed E-state index contributed by atoms with van der Waals surface area (Å²) in [4.78, 5) is 4.59. The van der Waals surface area contributed by atoms with Gasteiger partial charge in [-0.3, -0.25) is 4.57 Å². The molecule has 0 aliphatic rings. The van der Waals surface area contributed by atoms with Crippen molar-refractivity contribution in [2.75, 3.05) is 0 Å². The summed E-state index contributed by atoms with van der Waals surface area (Å²) in [5, 5.41) is 0.744. The van der Waals surface area contributed by atoms with Gasteiger partial charge in [0.15, 0.2) is 0 Å². The topological polar surface area (TPSA) is 17.8 Å². The minimum Gasteiger partial charge on any atom is -0.295 e. The van der Waals surface area contributed by atoms with Gasteiger partial charge in [0.2, 0.25) is 0 Å². The SMILES string of the molecule is CC(Cl)c1nc2cc(Cl)c(Cl)cc2n1-c1ccc(Br)cc1. The second-order valence-electron chi connectivity index (χ2n) is 4.65. The molecule has 0 amide bonds. The molecule has 1 unspecified atom stereocenters. The fraction of sp³-hybridized carbons (Fsp3) is 0.133. The molecule has 0 saturated carbocycles. The van der Waals surface area contributed by atoms with Crippen LogP contribution in [0.3, 0.4) is 0 Å². The van der Waals surface area contributed by atoms with E-state index in [-0.39, 0.29) is 5.38 Å². The molecule has 6 heteroatoms. The van der Waals surface area contributed by atoms with Crippen molar-refractivity contribution >= 4 is 61.8 Å². The number of benzene rings is 2. The summed E-state index contributed by atoms with van der Waals surface area (Å²) < 4.78 is 3.01. The second kappa shape index (κ2) is 5.81. The molecule has 2 nitrogen and oxygen atoms in total. The van der Waals surface area contributed by atoms with Gasteiger partial charge in [-0.25, -0.2) is 4.98 Å². The van der Waals surface area contributed by atoms with Gasteiger partial charge in [0, 0.05) is 10.2 Å². The van der Waals surface area contributed by atoms with Gasteiger partial charge in [-0.1, -0.05) is 39.1 Å². The molecule has 0 N–H and O–H groups in total. The molecule has 0 spiro atoms. The number of hydrogen-bond acceptors (Lipinski definition) is 1. The van der Waals surface area contributed by atoms with Gasteiger partial charge in [0.25, 0.3) is 0 Å². The van der Waals surface area contributed by atoms with E-state index < -0.39 is 0 Å². The monoisotopic (exact) mass is 402 g/mol. The van der Waals surface area contributed by atoms with Gasteiger partial charge in [-0.05, 0) is 43.3 Å². The Hall–Kier alpha value is -0.740. The third kappa shape index (κ3) is 2.80. The summed E-state index contributed by atoms with van der Waals surface area (Å²) in [6.07, 6.45) is 0. The number of rotatable bonds is 2. The van der Waals surface area contributed by atoms with Crippen molar-refractivity contribution in [1.29, 1.82) is 0 Å². The molecule has 0 aliphatic carbocycles. The van der Waals surface area contributed by atoms with Crippen LogP contribution in [0.4, 0.5) is 0 Å². The molecule has 3 rings (SSSR count). The van der Waals surface area contributed by atoms with Crippen molar-refractivity contribution in [3.63, 3.8) is 0 Å². The Balaban J connectivity index is 2.35. The first-order chi connectivity index (χ1) is 9.97. The fourth-order valence-corrected chi connectivity index (χ4v) is 2.95. The quantitative estimate of drug-likeness (QED) is 0.452. The van der Waals surface area contributed by atoms with Crippen LogP contribution in [0.5, 0.6) is 0 Å². The summed E-state index contributed by atoms with van der Waals surface area (Å²) in [7, 11) is 0. The third-order valence-electron chi connectivity index (χ3n) is 3.16. The van der Waals surface area contributed by atoms with Crippen LogP contribution in [0.25, 0.3) is 16.7 Å².